The van der Waals surface area contributed by atoms with Gasteiger partial charge in [-0.2, -0.15) is 0 Å². The second kappa shape index (κ2) is 10.5. The Hall–Kier alpha value is -3.20. The number of fused-ring (bicyclic) bond motifs is 1. The highest BCUT2D eigenvalue weighted by atomic mass is 32.2. The van der Waals surface area contributed by atoms with Crippen molar-refractivity contribution in [2.24, 2.45) is 0 Å². The van der Waals surface area contributed by atoms with Crippen LogP contribution in [0.3, 0.4) is 0 Å². The fourth-order valence-corrected chi connectivity index (χ4v) is 6.81. The summed E-state index contributed by atoms with van der Waals surface area (Å²) in [5.41, 5.74) is 3.17. The van der Waals surface area contributed by atoms with Crippen LogP contribution >= 0.6 is 11.3 Å². The van der Waals surface area contributed by atoms with Crippen LogP contribution in [0.4, 0.5) is 5.69 Å². The minimum absolute atomic E-state index is 0.0672. The van der Waals surface area contributed by atoms with Crippen molar-refractivity contribution in [3.63, 3.8) is 0 Å². The molecule has 1 fully saturated rings. The van der Waals surface area contributed by atoms with E-state index in [9.17, 15) is 13.2 Å². The summed E-state index contributed by atoms with van der Waals surface area (Å²) in [5, 5.41) is 4.01. The molecule has 8 heteroatoms. The highest BCUT2D eigenvalue weighted by Gasteiger charge is 2.24. The predicted octanol–water partition coefficient (Wildman–Crippen LogP) is 6.58. The molecule has 3 aromatic carbocycles. The van der Waals surface area contributed by atoms with Crippen LogP contribution in [0.15, 0.2) is 77.7 Å². The third-order valence-corrected chi connectivity index (χ3v) is 9.36. The molecule has 1 aliphatic rings. The molecule has 0 bridgehead atoms. The third kappa shape index (κ3) is 5.62. The number of rotatable bonds is 6. The molecular weight excluding hydrogens is 516 g/mol. The normalized spacial score (nSPS) is 14.9. The highest BCUT2D eigenvalue weighted by Crippen LogP contribution is 2.40. The van der Waals surface area contributed by atoms with Gasteiger partial charge in [0.05, 0.1) is 4.90 Å². The van der Waals surface area contributed by atoms with E-state index in [0.29, 0.717) is 23.8 Å². The lowest BCUT2D eigenvalue weighted by Crippen LogP contribution is -2.38. The Balaban J connectivity index is 1.50. The molecule has 1 aromatic heterocycles. The molecule has 38 heavy (non-hydrogen) atoms. The number of thiophene rings is 1. The number of ether oxygens (including phenoxy) is 1. The minimum Gasteiger partial charge on any atom is -0.381 e. The number of anilines is 1. The maximum absolute atomic E-state index is 13.4. The van der Waals surface area contributed by atoms with Crippen LogP contribution in [0, 0.1) is 0 Å². The van der Waals surface area contributed by atoms with Gasteiger partial charge in [0.25, 0.3) is 15.9 Å². The van der Waals surface area contributed by atoms with Gasteiger partial charge in [-0.15, -0.1) is 11.3 Å². The molecule has 5 rings (SSSR count). The molecule has 0 atom stereocenters. The van der Waals surface area contributed by atoms with Crippen LogP contribution < -0.4 is 10.0 Å². The van der Waals surface area contributed by atoms with Gasteiger partial charge < -0.3 is 10.1 Å². The van der Waals surface area contributed by atoms with Gasteiger partial charge in [-0.05, 0) is 59.7 Å². The molecule has 0 unspecified atom stereocenters. The lowest BCUT2D eigenvalue weighted by atomic mass is 9.87. The van der Waals surface area contributed by atoms with Crippen molar-refractivity contribution in [1.29, 1.82) is 0 Å². The number of carbonyl (C=O) groups is 1. The summed E-state index contributed by atoms with van der Waals surface area (Å²) in [7, 11) is -3.79. The topological polar surface area (TPSA) is 84.5 Å². The number of benzene rings is 3. The van der Waals surface area contributed by atoms with Gasteiger partial charge in [-0.25, -0.2) is 8.42 Å². The third-order valence-electron chi connectivity index (χ3n) is 6.80. The van der Waals surface area contributed by atoms with Crippen molar-refractivity contribution in [2.75, 3.05) is 17.9 Å². The Kier molecular flexibility index (Phi) is 7.31. The maximum atomic E-state index is 13.4. The quantitative estimate of drug-likeness (QED) is 0.285. The summed E-state index contributed by atoms with van der Waals surface area (Å²) in [6.45, 7) is 7.56. The first-order valence-electron chi connectivity index (χ1n) is 12.8. The van der Waals surface area contributed by atoms with Gasteiger partial charge >= 0.3 is 0 Å². The van der Waals surface area contributed by atoms with Gasteiger partial charge in [-0.1, -0.05) is 63.2 Å². The summed E-state index contributed by atoms with van der Waals surface area (Å²) in [4.78, 5) is 14.2. The van der Waals surface area contributed by atoms with Gasteiger partial charge in [0.1, 0.15) is 4.88 Å². The van der Waals surface area contributed by atoms with Crippen molar-refractivity contribution < 1.29 is 17.9 Å². The van der Waals surface area contributed by atoms with E-state index in [1.807, 2.05) is 54.6 Å². The molecule has 0 radical (unpaired) electrons. The molecule has 2 N–H and O–H groups in total. The SMILES string of the molecule is CC(C)(C)c1ccc(S(=O)(=O)Nc2ccc3sc(C(=O)NC4CCOCC4)c(-c4ccccc4)c3c2)cc1. The largest absolute Gasteiger partial charge is 0.381 e. The number of hydrogen-bond acceptors (Lipinski definition) is 5. The molecule has 0 spiro atoms. The average molecular weight is 549 g/mol. The molecular formula is C30H32N2O4S2. The lowest BCUT2D eigenvalue weighted by molar-refractivity contribution is 0.0698. The van der Waals surface area contributed by atoms with E-state index in [2.05, 4.69) is 30.8 Å². The number of sulfonamides is 1. The standard InChI is InChI=1S/C30H32N2O4S2/c1-30(2,3)21-9-12-24(13-10-21)38(34,35)32-23-11-14-26-25(19-23)27(20-7-5-4-6-8-20)28(37-26)29(33)31-22-15-17-36-18-16-22/h4-14,19,22,32H,15-18H2,1-3H3,(H,31,33). The zero-order valence-corrected chi connectivity index (χ0v) is 23.4. The van der Waals surface area contributed by atoms with Crippen molar-refractivity contribution >= 4 is 43.0 Å². The minimum atomic E-state index is -3.79. The fourth-order valence-electron chi connectivity index (χ4n) is 4.65. The molecule has 1 aliphatic heterocycles. The van der Waals surface area contributed by atoms with Crippen LogP contribution in [0.1, 0.15) is 48.8 Å². The maximum Gasteiger partial charge on any atom is 0.262 e. The summed E-state index contributed by atoms with van der Waals surface area (Å²) in [6.07, 6.45) is 1.58. The Labute approximate surface area is 228 Å². The Morgan fingerprint density at radius 2 is 1.63 bits per heavy atom. The van der Waals surface area contributed by atoms with E-state index in [4.69, 9.17) is 4.74 Å². The van der Waals surface area contributed by atoms with Crippen molar-refractivity contribution in [1.82, 2.24) is 5.32 Å². The molecule has 1 saturated heterocycles. The average Bonchev–Trinajstić information content (AvgIpc) is 3.28. The number of carbonyl (C=O) groups excluding carboxylic acids is 1. The number of amides is 1. The monoisotopic (exact) mass is 548 g/mol. The molecule has 2 heterocycles. The van der Waals surface area contributed by atoms with Crippen LogP contribution in [-0.2, 0) is 20.2 Å². The van der Waals surface area contributed by atoms with Crippen LogP contribution in [0.2, 0.25) is 0 Å². The van der Waals surface area contributed by atoms with E-state index in [-0.39, 0.29) is 22.3 Å². The summed E-state index contributed by atoms with van der Waals surface area (Å²) in [6, 6.07) is 22.3. The van der Waals surface area contributed by atoms with Crippen molar-refractivity contribution in [3.8, 4) is 11.1 Å². The lowest BCUT2D eigenvalue weighted by Gasteiger charge is -2.23. The molecule has 6 nitrogen and oxygen atoms in total. The molecule has 1 amide bonds. The second-order valence-corrected chi connectivity index (χ2v) is 13.4. The summed E-state index contributed by atoms with van der Waals surface area (Å²) >= 11 is 1.42. The predicted molar refractivity (Wildman–Crippen MR) is 155 cm³/mol. The van der Waals surface area contributed by atoms with E-state index >= 15 is 0 Å². The van der Waals surface area contributed by atoms with E-state index in [1.165, 1.54) is 11.3 Å². The van der Waals surface area contributed by atoms with E-state index < -0.39 is 10.0 Å². The van der Waals surface area contributed by atoms with E-state index in [0.717, 1.165) is 39.6 Å². The first kappa shape index (κ1) is 26.4. The highest BCUT2D eigenvalue weighted by molar-refractivity contribution is 7.92. The van der Waals surface area contributed by atoms with Gasteiger partial charge in [0.2, 0.25) is 0 Å². The Morgan fingerprint density at radius 3 is 2.29 bits per heavy atom. The van der Waals surface area contributed by atoms with Crippen molar-refractivity contribution in [3.05, 3.63) is 83.2 Å². The molecule has 198 valence electrons. The summed E-state index contributed by atoms with van der Waals surface area (Å²) < 4.78 is 35.5. The van der Waals surface area contributed by atoms with Crippen LogP contribution in [0.25, 0.3) is 21.2 Å². The Bertz CT molecular complexity index is 1550. The first-order chi connectivity index (χ1) is 18.1. The summed E-state index contributed by atoms with van der Waals surface area (Å²) in [5.74, 6) is -0.113. The zero-order chi connectivity index (χ0) is 26.9. The van der Waals surface area contributed by atoms with Gasteiger partial charge in [-0.3, -0.25) is 9.52 Å². The molecule has 4 aromatic rings. The molecule has 0 saturated carbocycles. The first-order valence-corrected chi connectivity index (χ1v) is 15.1. The Morgan fingerprint density at radius 1 is 0.947 bits per heavy atom. The van der Waals surface area contributed by atoms with Crippen LogP contribution in [-0.4, -0.2) is 33.6 Å². The number of hydrogen-bond donors (Lipinski definition) is 2. The number of nitrogens with one attached hydrogen (secondary N) is 2. The smallest absolute Gasteiger partial charge is 0.262 e. The zero-order valence-electron chi connectivity index (χ0n) is 21.8. The van der Waals surface area contributed by atoms with Crippen molar-refractivity contribution in [2.45, 2.75) is 50.0 Å². The second-order valence-electron chi connectivity index (χ2n) is 10.6. The van der Waals surface area contributed by atoms with Crippen LogP contribution in [0.5, 0.6) is 0 Å². The van der Waals surface area contributed by atoms with Gasteiger partial charge in [0.15, 0.2) is 0 Å². The van der Waals surface area contributed by atoms with Gasteiger partial charge in [0, 0.05) is 40.6 Å². The fraction of sp³-hybridized carbons (Fsp3) is 0.300. The van der Waals surface area contributed by atoms with E-state index in [1.54, 1.807) is 18.2 Å². The molecule has 0 aliphatic carbocycles.